The number of fused-ring (bicyclic) bond motifs is 2. The van der Waals surface area contributed by atoms with Gasteiger partial charge in [0, 0.05) is 76.3 Å². The van der Waals surface area contributed by atoms with Crippen molar-refractivity contribution in [1.29, 1.82) is 0 Å². The number of ether oxygens (including phenoxy) is 4. The van der Waals surface area contributed by atoms with E-state index in [0.717, 1.165) is 0 Å². The Morgan fingerprint density at radius 1 is 1.07 bits per heavy atom. The van der Waals surface area contributed by atoms with E-state index in [0.29, 0.717) is 56.4 Å². The predicted octanol–water partition coefficient (Wildman–Crippen LogP) is 2.80. The summed E-state index contributed by atoms with van der Waals surface area (Å²) in [6.45, 7) is 4.79. The lowest BCUT2D eigenvalue weighted by molar-refractivity contribution is -0.337. The van der Waals surface area contributed by atoms with Crippen molar-refractivity contribution in [2.24, 2.45) is 29.1 Å². The Hall–Kier alpha value is -1.60. The Bertz CT molecular complexity index is 1300. The normalized spacial score (nSPS) is 47.0. The quantitative estimate of drug-likeness (QED) is 0.377. The number of carbonyl (C=O) groups excluding carboxylic acids is 2. The highest BCUT2D eigenvalue weighted by Gasteiger charge is 2.89. The number of anilines is 1. The monoisotopic (exact) mass is 664 g/mol. The molecule has 3 N–H and O–H groups in total. The maximum absolute atomic E-state index is 14.0. The summed E-state index contributed by atoms with van der Waals surface area (Å²) in [6, 6.07) is 6.89. The van der Waals surface area contributed by atoms with Crippen molar-refractivity contribution >= 4 is 34.5 Å². The fourth-order valence-corrected chi connectivity index (χ4v) is 11.6. The molecule has 7 rings (SSSR count). The van der Waals surface area contributed by atoms with Crippen molar-refractivity contribution in [3.63, 3.8) is 0 Å². The minimum absolute atomic E-state index is 0. The summed E-state index contributed by atoms with van der Waals surface area (Å²) in [7, 11) is 5.05. The van der Waals surface area contributed by atoms with Crippen LogP contribution in [-0.2, 0) is 23.7 Å². The first kappa shape index (κ1) is 31.4. The molecule has 11 heteroatoms. The molecule has 1 heterocycles. The molecular weight excluding hydrogens is 620 g/mol. The van der Waals surface area contributed by atoms with Gasteiger partial charge in [-0.3, -0.25) is 9.69 Å². The number of halogens is 1. The van der Waals surface area contributed by atoms with Crippen molar-refractivity contribution in [2.75, 3.05) is 39.7 Å². The molecule has 1 spiro atoms. The summed E-state index contributed by atoms with van der Waals surface area (Å²) < 4.78 is 25.1. The molecule has 1 amide bonds. The average molecular weight is 666 g/mol. The lowest BCUT2D eigenvalue weighted by Crippen LogP contribution is -2.83. The molecule has 5 aliphatic carbocycles. The molecule has 10 nitrogen and oxygen atoms in total. The fourth-order valence-electron chi connectivity index (χ4n) is 11.6. The smallest absolute Gasteiger partial charge is 0.340 e. The van der Waals surface area contributed by atoms with Crippen molar-refractivity contribution in [1.82, 2.24) is 4.90 Å². The molecule has 0 aromatic heterocycles. The first-order valence-electron chi connectivity index (χ1n) is 15.4. The zero-order valence-electron chi connectivity index (χ0n) is 25.6. The average Bonchev–Trinajstić information content (AvgIpc) is 3.39. The maximum Gasteiger partial charge on any atom is 0.340 e. The van der Waals surface area contributed by atoms with Crippen LogP contribution in [0.2, 0.25) is 0 Å². The Morgan fingerprint density at radius 3 is 2.47 bits per heavy atom. The van der Waals surface area contributed by atoms with E-state index in [1.807, 2.05) is 0 Å². The molecule has 1 saturated heterocycles. The number of piperidine rings is 1. The summed E-state index contributed by atoms with van der Waals surface area (Å²) in [4.78, 5) is 28.3. The van der Waals surface area contributed by atoms with Crippen LogP contribution < -0.4 is 5.32 Å². The van der Waals surface area contributed by atoms with Crippen LogP contribution in [0.5, 0.6) is 0 Å². The first-order valence-corrected chi connectivity index (χ1v) is 15.4. The number of nitrogens with one attached hydrogen (secondary N) is 1. The van der Waals surface area contributed by atoms with E-state index in [1.54, 1.807) is 45.6 Å². The van der Waals surface area contributed by atoms with Gasteiger partial charge in [0.1, 0.15) is 16.8 Å². The number of methoxy groups -OCH3 is 3. The number of esters is 1. The number of amides is 1. The largest absolute Gasteiger partial charge is 0.454 e. The van der Waals surface area contributed by atoms with Crippen molar-refractivity contribution < 1.29 is 38.7 Å². The van der Waals surface area contributed by atoms with E-state index in [1.165, 1.54) is 6.92 Å². The third kappa shape index (κ3) is 3.67. The summed E-state index contributed by atoms with van der Waals surface area (Å²) in [6.07, 6.45) is 1.91. The number of benzene rings is 1. The molecule has 238 valence electrons. The van der Waals surface area contributed by atoms with Gasteiger partial charge in [-0.05, 0) is 44.4 Å². The van der Waals surface area contributed by atoms with Gasteiger partial charge in [0.05, 0.1) is 29.6 Å². The Kier molecular flexibility index (Phi) is 7.64. The third-order valence-corrected chi connectivity index (χ3v) is 12.6. The standard InChI is InChI=1S/C32H44N2O8.BrH/c1-6-34-16-29(42-28(36)18-9-7-8-10-21(18)33-17(2)35)12-11-25(40-4)31-23(29)14-20(26(31)34)30(37)15-22(39-3)19-13-24(31)32(30,38)27(19)41-5;/h7-10,19-20,22-27,37-38H,6,11-16H2,1-5H3,(H,33,35);1H/t19?,20-,22-,23?,24?,25-,26?,27-,29+,30-,31-,32-;/m1./s1. The molecule has 0 radical (unpaired) electrons. The molecule has 4 unspecified atom stereocenters. The van der Waals surface area contributed by atoms with Crippen LogP contribution in [0.4, 0.5) is 5.69 Å². The minimum atomic E-state index is -1.48. The molecule has 6 aliphatic rings. The molecule has 1 aromatic carbocycles. The zero-order chi connectivity index (χ0) is 29.8. The number of hydrogen-bond donors (Lipinski definition) is 3. The van der Waals surface area contributed by atoms with Crippen LogP contribution in [-0.4, -0.2) is 103 Å². The van der Waals surface area contributed by atoms with Gasteiger partial charge in [-0.2, -0.15) is 0 Å². The van der Waals surface area contributed by atoms with Gasteiger partial charge in [-0.15, -0.1) is 17.0 Å². The molecular formula is C32H45BrN2O8. The molecule has 43 heavy (non-hydrogen) atoms. The van der Waals surface area contributed by atoms with Gasteiger partial charge in [-0.1, -0.05) is 19.1 Å². The fraction of sp³-hybridized carbons (Fsp3) is 0.750. The molecule has 6 fully saturated rings. The van der Waals surface area contributed by atoms with Crippen LogP contribution in [0, 0.1) is 29.1 Å². The van der Waals surface area contributed by atoms with Gasteiger partial charge in [0.2, 0.25) is 5.91 Å². The molecule has 12 atom stereocenters. The van der Waals surface area contributed by atoms with Crippen molar-refractivity contribution in [3.8, 4) is 0 Å². The lowest BCUT2D eigenvalue weighted by atomic mass is 9.44. The van der Waals surface area contributed by atoms with E-state index in [-0.39, 0.29) is 64.8 Å². The maximum atomic E-state index is 14.0. The van der Waals surface area contributed by atoms with E-state index in [4.69, 9.17) is 18.9 Å². The van der Waals surface area contributed by atoms with E-state index in [2.05, 4.69) is 17.1 Å². The van der Waals surface area contributed by atoms with Gasteiger partial charge < -0.3 is 34.5 Å². The number of hydrogen-bond acceptors (Lipinski definition) is 9. The number of carbonyl (C=O) groups is 2. The van der Waals surface area contributed by atoms with Gasteiger partial charge in [-0.25, -0.2) is 4.79 Å². The van der Waals surface area contributed by atoms with Crippen LogP contribution in [0.3, 0.4) is 0 Å². The second kappa shape index (κ2) is 10.5. The topological polar surface area (TPSA) is 127 Å². The van der Waals surface area contributed by atoms with E-state index >= 15 is 0 Å². The molecule has 1 aliphatic heterocycles. The second-order valence-corrected chi connectivity index (χ2v) is 13.7. The summed E-state index contributed by atoms with van der Waals surface area (Å²) in [5, 5.41) is 28.4. The number of nitrogens with zero attached hydrogens (tertiary/aromatic N) is 1. The number of para-hydroxylation sites is 1. The van der Waals surface area contributed by atoms with E-state index < -0.39 is 34.3 Å². The molecule has 5 saturated carbocycles. The zero-order valence-corrected chi connectivity index (χ0v) is 27.3. The number of likely N-dealkylation sites (N-methyl/N-ethyl adjacent to an activating group) is 1. The SMILES string of the molecule is Br.CCN1C[C@@]2(OC(=O)c3ccccc3NC(C)=O)CC[C@@H](OC)[C@@]34C1[C@@H](CC23)[C@]1(O)C[C@@H](OC)C2CC4[C@@]1(O)[C@@H]2OC. The molecule has 1 aromatic rings. The van der Waals surface area contributed by atoms with Crippen LogP contribution in [0.25, 0.3) is 0 Å². The third-order valence-electron chi connectivity index (χ3n) is 12.6. The highest BCUT2D eigenvalue weighted by molar-refractivity contribution is 8.93. The predicted molar refractivity (Wildman–Crippen MR) is 162 cm³/mol. The minimum Gasteiger partial charge on any atom is -0.454 e. The first-order chi connectivity index (χ1) is 20.1. The van der Waals surface area contributed by atoms with Crippen LogP contribution in [0.15, 0.2) is 24.3 Å². The van der Waals surface area contributed by atoms with Gasteiger partial charge >= 0.3 is 5.97 Å². The Balaban J connectivity index is 0.00000329. The van der Waals surface area contributed by atoms with Crippen LogP contribution >= 0.6 is 17.0 Å². The second-order valence-electron chi connectivity index (χ2n) is 13.7. The number of aliphatic hydroxyl groups is 2. The van der Waals surface area contributed by atoms with Crippen LogP contribution in [0.1, 0.15) is 56.3 Å². The van der Waals surface area contributed by atoms with Crippen molar-refractivity contribution in [3.05, 3.63) is 29.8 Å². The Labute approximate surface area is 263 Å². The summed E-state index contributed by atoms with van der Waals surface area (Å²) in [5.41, 5.74) is -3.57. The summed E-state index contributed by atoms with van der Waals surface area (Å²) in [5.74, 6) is -1.54. The molecule has 7 bridgehead atoms. The lowest BCUT2D eigenvalue weighted by Gasteiger charge is -2.70. The van der Waals surface area contributed by atoms with Crippen molar-refractivity contribution in [2.45, 2.75) is 87.1 Å². The number of likely N-dealkylation sites (tertiary alicyclic amines) is 1. The highest BCUT2D eigenvalue weighted by Crippen LogP contribution is 2.79. The Morgan fingerprint density at radius 2 is 1.81 bits per heavy atom. The van der Waals surface area contributed by atoms with Gasteiger partial charge in [0.15, 0.2) is 0 Å². The number of rotatable bonds is 7. The van der Waals surface area contributed by atoms with E-state index in [9.17, 15) is 19.8 Å². The highest BCUT2D eigenvalue weighted by atomic mass is 79.9. The van der Waals surface area contributed by atoms with Gasteiger partial charge in [0.25, 0.3) is 0 Å². The summed E-state index contributed by atoms with van der Waals surface area (Å²) >= 11 is 0.